The smallest absolute Gasteiger partial charge is 0.410 e. The Morgan fingerprint density at radius 3 is 2.24 bits per heavy atom. The summed E-state index contributed by atoms with van der Waals surface area (Å²) in [6, 6.07) is -0.500. The molecule has 5 nitrogen and oxygen atoms in total. The Morgan fingerprint density at radius 2 is 1.82 bits per heavy atom. The van der Waals surface area contributed by atoms with Gasteiger partial charge < -0.3 is 10.5 Å². The average Bonchev–Trinajstić information content (AvgIpc) is 2.66. The minimum Gasteiger partial charge on any atom is -0.444 e. The fraction of sp³-hybridized carbons (Fsp3) is 0.833. The number of primary amides is 1. The minimum atomic E-state index is -0.540. The largest absolute Gasteiger partial charge is 0.444 e. The molecule has 0 aromatic carbocycles. The Balaban J connectivity index is 0.00000121. The molecule has 1 rings (SSSR count). The lowest BCUT2D eigenvalue weighted by Crippen LogP contribution is -2.45. The lowest BCUT2D eigenvalue weighted by atomic mass is 10.2. The van der Waals surface area contributed by atoms with Crippen LogP contribution in [0.15, 0.2) is 0 Å². The summed E-state index contributed by atoms with van der Waals surface area (Å²) in [6.07, 6.45) is 0.977. The second-order valence-electron chi connectivity index (χ2n) is 4.73. The van der Waals surface area contributed by atoms with Crippen LogP contribution >= 0.6 is 0 Å². The van der Waals surface area contributed by atoms with Crippen molar-refractivity contribution in [2.45, 2.75) is 59.1 Å². The van der Waals surface area contributed by atoms with Gasteiger partial charge in [0.05, 0.1) is 0 Å². The van der Waals surface area contributed by atoms with E-state index in [1.54, 1.807) is 20.8 Å². The topological polar surface area (TPSA) is 72.6 Å². The first-order valence-corrected chi connectivity index (χ1v) is 6.10. The fourth-order valence-electron chi connectivity index (χ4n) is 1.60. The number of nitrogens with two attached hydrogens (primary N) is 1. The Labute approximate surface area is 103 Å². The summed E-state index contributed by atoms with van der Waals surface area (Å²) < 4.78 is 5.18. The molecule has 1 aliphatic heterocycles. The molecular formula is C12H24N2O3. The summed E-state index contributed by atoms with van der Waals surface area (Å²) in [5.41, 5.74) is 4.66. The second-order valence-corrected chi connectivity index (χ2v) is 4.73. The van der Waals surface area contributed by atoms with Crippen LogP contribution in [0.5, 0.6) is 0 Å². The first-order valence-electron chi connectivity index (χ1n) is 6.10. The van der Waals surface area contributed by atoms with Crippen LogP contribution in [0.1, 0.15) is 47.5 Å². The number of carbonyl (C=O) groups excluding carboxylic acids is 2. The lowest BCUT2D eigenvalue weighted by Gasteiger charge is -2.27. The molecule has 0 aliphatic carbocycles. The highest BCUT2D eigenvalue weighted by molar-refractivity contribution is 5.84. The zero-order chi connectivity index (χ0) is 13.6. The summed E-state index contributed by atoms with van der Waals surface area (Å²) >= 11 is 0. The van der Waals surface area contributed by atoms with Crippen LogP contribution in [0.3, 0.4) is 0 Å². The van der Waals surface area contributed by atoms with Gasteiger partial charge in [-0.3, -0.25) is 9.69 Å². The number of hydrogen-bond donors (Lipinski definition) is 1. The van der Waals surface area contributed by atoms with Crippen LogP contribution in [0.2, 0.25) is 0 Å². The van der Waals surface area contributed by atoms with Crippen molar-refractivity contribution in [2.24, 2.45) is 5.73 Å². The van der Waals surface area contributed by atoms with Gasteiger partial charge in [0.2, 0.25) is 5.91 Å². The molecule has 2 amide bonds. The molecule has 2 N–H and O–H groups in total. The second kappa shape index (κ2) is 6.47. The molecule has 5 heteroatoms. The van der Waals surface area contributed by atoms with Gasteiger partial charge in [-0.25, -0.2) is 4.79 Å². The number of rotatable bonds is 1. The van der Waals surface area contributed by atoms with E-state index >= 15 is 0 Å². The monoisotopic (exact) mass is 244 g/mol. The Hall–Kier alpha value is -1.26. The Bertz CT molecular complexity index is 271. The molecule has 1 heterocycles. The Kier molecular flexibility index (Phi) is 5.99. The molecule has 0 spiro atoms. The van der Waals surface area contributed by atoms with E-state index in [0.29, 0.717) is 13.0 Å². The molecule has 1 aliphatic rings. The van der Waals surface area contributed by atoms with Gasteiger partial charge in [0.15, 0.2) is 0 Å². The van der Waals surface area contributed by atoms with Crippen LogP contribution in [0, 0.1) is 0 Å². The molecular weight excluding hydrogens is 220 g/mol. The third kappa shape index (κ3) is 5.06. The van der Waals surface area contributed by atoms with Crippen LogP contribution in [-0.4, -0.2) is 35.1 Å². The summed E-state index contributed by atoms with van der Waals surface area (Å²) in [5.74, 6) is -0.460. The van der Waals surface area contributed by atoms with Gasteiger partial charge in [-0.1, -0.05) is 13.8 Å². The van der Waals surface area contributed by atoms with Gasteiger partial charge in [-0.05, 0) is 33.6 Å². The molecule has 1 saturated heterocycles. The third-order valence-corrected chi connectivity index (χ3v) is 2.21. The minimum absolute atomic E-state index is 0.455. The maximum atomic E-state index is 11.7. The highest BCUT2D eigenvalue weighted by Gasteiger charge is 2.35. The average molecular weight is 244 g/mol. The summed E-state index contributed by atoms with van der Waals surface area (Å²) in [5, 5.41) is 0. The molecule has 0 radical (unpaired) electrons. The number of amides is 2. The zero-order valence-electron chi connectivity index (χ0n) is 11.4. The summed E-state index contributed by atoms with van der Waals surface area (Å²) in [4.78, 5) is 24.1. The maximum absolute atomic E-state index is 11.7. The van der Waals surface area contributed by atoms with Crippen molar-refractivity contribution in [1.82, 2.24) is 4.90 Å². The van der Waals surface area contributed by atoms with E-state index in [4.69, 9.17) is 10.5 Å². The van der Waals surface area contributed by atoms with Crippen molar-refractivity contribution >= 4 is 12.0 Å². The highest BCUT2D eigenvalue weighted by atomic mass is 16.6. The number of hydrogen-bond acceptors (Lipinski definition) is 3. The van der Waals surface area contributed by atoms with E-state index in [1.807, 2.05) is 13.8 Å². The predicted octanol–water partition coefficient (Wildman–Crippen LogP) is 1.90. The summed E-state index contributed by atoms with van der Waals surface area (Å²) in [7, 11) is 0. The van der Waals surface area contributed by atoms with E-state index in [9.17, 15) is 9.59 Å². The molecule has 0 aromatic rings. The number of nitrogens with zero attached hydrogens (tertiary/aromatic N) is 1. The molecule has 1 fully saturated rings. The van der Waals surface area contributed by atoms with Gasteiger partial charge >= 0.3 is 6.09 Å². The quantitative estimate of drug-likeness (QED) is 0.765. The highest BCUT2D eigenvalue weighted by Crippen LogP contribution is 2.20. The van der Waals surface area contributed by atoms with Gasteiger partial charge in [0.1, 0.15) is 11.6 Å². The molecule has 100 valence electrons. The number of likely N-dealkylation sites (tertiary alicyclic amines) is 1. The van der Waals surface area contributed by atoms with Crippen LogP contribution in [-0.2, 0) is 9.53 Å². The van der Waals surface area contributed by atoms with Gasteiger partial charge in [-0.15, -0.1) is 0 Å². The van der Waals surface area contributed by atoms with Gasteiger partial charge in [0.25, 0.3) is 0 Å². The van der Waals surface area contributed by atoms with Crippen molar-refractivity contribution in [3.8, 4) is 0 Å². The molecule has 1 atom stereocenters. The number of ether oxygens (including phenoxy) is 1. The van der Waals surface area contributed by atoms with E-state index in [0.717, 1.165) is 6.42 Å². The normalized spacial score (nSPS) is 19.4. The first-order chi connectivity index (χ1) is 7.81. The molecule has 1 unspecified atom stereocenters. The van der Waals surface area contributed by atoms with Crippen molar-refractivity contribution in [1.29, 1.82) is 0 Å². The maximum Gasteiger partial charge on any atom is 0.410 e. The molecule has 0 bridgehead atoms. The summed E-state index contributed by atoms with van der Waals surface area (Å²) in [6.45, 7) is 9.92. The standard InChI is InChI=1S/C10H18N2O3.C2H6/c1-10(2,3)15-9(14)12-6-4-5-7(12)8(11)13;1-2/h7H,4-6H2,1-3H3,(H2,11,13);1-2H3. The van der Waals surface area contributed by atoms with E-state index in [-0.39, 0.29) is 0 Å². The van der Waals surface area contributed by atoms with E-state index < -0.39 is 23.6 Å². The fourth-order valence-corrected chi connectivity index (χ4v) is 1.60. The zero-order valence-corrected chi connectivity index (χ0v) is 11.4. The predicted molar refractivity (Wildman–Crippen MR) is 66.5 cm³/mol. The van der Waals surface area contributed by atoms with E-state index in [2.05, 4.69) is 0 Å². The number of carbonyl (C=O) groups is 2. The SMILES string of the molecule is CC.CC(C)(C)OC(=O)N1CCCC1C(N)=O. The van der Waals surface area contributed by atoms with Crippen LogP contribution in [0.4, 0.5) is 4.79 Å². The van der Waals surface area contributed by atoms with Crippen molar-refractivity contribution in [2.75, 3.05) is 6.54 Å². The molecule has 0 saturated carbocycles. The van der Waals surface area contributed by atoms with Gasteiger partial charge in [0, 0.05) is 6.54 Å². The molecule has 17 heavy (non-hydrogen) atoms. The van der Waals surface area contributed by atoms with Crippen LogP contribution in [0.25, 0.3) is 0 Å². The van der Waals surface area contributed by atoms with Gasteiger partial charge in [-0.2, -0.15) is 0 Å². The first kappa shape index (κ1) is 15.7. The van der Waals surface area contributed by atoms with Crippen molar-refractivity contribution in [3.63, 3.8) is 0 Å². The van der Waals surface area contributed by atoms with Crippen molar-refractivity contribution in [3.05, 3.63) is 0 Å². The van der Waals surface area contributed by atoms with E-state index in [1.165, 1.54) is 4.90 Å². The third-order valence-electron chi connectivity index (χ3n) is 2.21. The lowest BCUT2D eigenvalue weighted by molar-refractivity contribution is -0.122. The van der Waals surface area contributed by atoms with Crippen molar-refractivity contribution < 1.29 is 14.3 Å². The van der Waals surface area contributed by atoms with Crippen LogP contribution < -0.4 is 5.73 Å². The Morgan fingerprint density at radius 1 is 1.29 bits per heavy atom. The molecule has 0 aromatic heterocycles.